The highest BCUT2D eigenvalue weighted by atomic mass is 35.5. The van der Waals surface area contributed by atoms with Gasteiger partial charge in [0.15, 0.2) is 0 Å². The molecule has 0 N–H and O–H groups in total. The molecule has 0 saturated carbocycles. The standard InChI is InChI=1S/C18H16Cl3O5P/c1-4-27(24,17(22)15-11(20)8-10(19)9-12(15)21)18(23)16-13(25-2)6-5-7-14(16)26-3/h5-9H,4H2,1-3H3. The molecular formula is C18H16Cl3O5P. The summed E-state index contributed by atoms with van der Waals surface area (Å²) in [5, 5.41) is 0.0579. The molecule has 0 spiro atoms. The SMILES string of the molecule is CCP(=O)(C(=O)c1c(Cl)cc(Cl)cc1Cl)C(=O)c1c(OC)cccc1OC. The van der Waals surface area contributed by atoms with E-state index in [0.29, 0.717) is 0 Å². The van der Waals surface area contributed by atoms with Crippen LogP contribution in [0, 0.1) is 0 Å². The summed E-state index contributed by atoms with van der Waals surface area (Å²) in [6, 6.07) is 7.25. The minimum absolute atomic E-state index is 0.0674. The van der Waals surface area contributed by atoms with E-state index in [9.17, 15) is 14.2 Å². The van der Waals surface area contributed by atoms with Crippen molar-refractivity contribution in [2.24, 2.45) is 0 Å². The fourth-order valence-electron chi connectivity index (χ4n) is 2.55. The Kier molecular flexibility index (Phi) is 6.98. The van der Waals surface area contributed by atoms with Crippen LogP contribution in [0.1, 0.15) is 27.6 Å². The summed E-state index contributed by atoms with van der Waals surface area (Å²) in [4.78, 5) is 26.3. The molecule has 2 aromatic carbocycles. The molecule has 144 valence electrons. The van der Waals surface area contributed by atoms with Gasteiger partial charge in [0.1, 0.15) is 17.1 Å². The van der Waals surface area contributed by atoms with Crippen molar-refractivity contribution in [3.8, 4) is 11.5 Å². The lowest BCUT2D eigenvalue weighted by atomic mass is 10.2. The van der Waals surface area contributed by atoms with Gasteiger partial charge in [-0.15, -0.1) is 0 Å². The van der Waals surface area contributed by atoms with E-state index in [1.54, 1.807) is 6.07 Å². The molecule has 0 aliphatic heterocycles. The van der Waals surface area contributed by atoms with E-state index in [1.807, 2.05) is 0 Å². The van der Waals surface area contributed by atoms with Gasteiger partial charge in [0.05, 0.1) is 29.8 Å². The first kappa shape index (κ1) is 21.8. The predicted molar refractivity (Wildman–Crippen MR) is 108 cm³/mol. The number of hydrogen-bond acceptors (Lipinski definition) is 5. The largest absolute Gasteiger partial charge is 0.496 e. The van der Waals surface area contributed by atoms with Gasteiger partial charge in [-0.1, -0.05) is 47.8 Å². The summed E-state index contributed by atoms with van der Waals surface area (Å²) in [6.07, 6.45) is -0.221. The number of hydrogen-bond donors (Lipinski definition) is 0. The second-order valence-electron chi connectivity index (χ2n) is 5.45. The Morgan fingerprint density at radius 1 is 0.926 bits per heavy atom. The lowest BCUT2D eigenvalue weighted by molar-refractivity contribution is 0.103. The highest BCUT2D eigenvalue weighted by Gasteiger charge is 2.43. The van der Waals surface area contributed by atoms with Crippen molar-refractivity contribution in [1.82, 2.24) is 0 Å². The molecular weight excluding hydrogens is 434 g/mol. The molecule has 1 atom stereocenters. The number of rotatable bonds is 7. The fraction of sp³-hybridized carbons (Fsp3) is 0.222. The van der Waals surface area contributed by atoms with Crippen molar-refractivity contribution in [2.75, 3.05) is 20.4 Å². The summed E-state index contributed by atoms with van der Waals surface area (Å²) in [5.74, 6) is 0.295. The third kappa shape index (κ3) is 4.02. The first-order chi connectivity index (χ1) is 12.7. The second kappa shape index (κ2) is 8.66. The molecule has 0 saturated heterocycles. The summed E-state index contributed by atoms with van der Waals surface area (Å²) < 4.78 is 23.9. The van der Waals surface area contributed by atoms with Crippen LogP contribution < -0.4 is 9.47 Å². The van der Waals surface area contributed by atoms with Crippen LogP contribution in [0.25, 0.3) is 0 Å². The zero-order valence-corrected chi connectivity index (χ0v) is 17.9. The second-order valence-corrected chi connectivity index (χ2v) is 9.62. The van der Waals surface area contributed by atoms with Crippen molar-refractivity contribution >= 4 is 53.0 Å². The minimum Gasteiger partial charge on any atom is -0.496 e. The lowest BCUT2D eigenvalue weighted by Gasteiger charge is -2.19. The average molecular weight is 450 g/mol. The van der Waals surface area contributed by atoms with Crippen LogP contribution in [0.4, 0.5) is 0 Å². The quantitative estimate of drug-likeness (QED) is 0.483. The van der Waals surface area contributed by atoms with E-state index in [0.717, 1.165) is 0 Å². The van der Waals surface area contributed by atoms with Gasteiger partial charge < -0.3 is 14.0 Å². The number of carbonyl (C=O) groups is 2. The summed E-state index contributed by atoms with van der Waals surface area (Å²) in [7, 11) is -1.41. The van der Waals surface area contributed by atoms with Crippen molar-refractivity contribution < 1.29 is 23.6 Å². The molecule has 0 heterocycles. The number of ether oxygens (including phenoxy) is 2. The third-order valence-corrected chi connectivity index (χ3v) is 7.43. The van der Waals surface area contributed by atoms with Crippen molar-refractivity contribution in [3.05, 3.63) is 56.5 Å². The van der Waals surface area contributed by atoms with Gasteiger partial charge in [0.25, 0.3) is 0 Å². The van der Waals surface area contributed by atoms with Crippen LogP contribution >= 0.6 is 41.9 Å². The van der Waals surface area contributed by atoms with E-state index < -0.39 is 18.2 Å². The zero-order chi connectivity index (χ0) is 20.4. The van der Waals surface area contributed by atoms with E-state index in [-0.39, 0.29) is 43.9 Å². The first-order valence-corrected chi connectivity index (χ1v) is 10.8. The summed E-state index contributed by atoms with van der Waals surface area (Å²) in [6.45, 7) is 1.48. The highest BCUT2D eigenvalue weighted by molar-refractivity contribution is 7.95. The number of benzene rings is 2. The Labute approximate surface area is 171 Å². The molecule has 0 radical (unpaired) electrons. The molecule has 5 nitrogen and oxygen atoms in total. The zero-order valence-electron chi connectivity index (χ0n) is 14.7. The summed E-state index contributed by atoms with van der Waals surface area (Å²) >= 11 is 18.0. The van der Waals surface area contributed by atoms with Crippen LogP contribution in [-0.4, -0.2) is 31.4 Å². The normalized spacial score (nSPS) is 13.0. The Bertz CT molecular complexity index is 913. The molecule has 0 aromatic heterocycles. The maximum atomic E-state index is 13.5. The Balaban J connectivity index is 2.67. The maximum absolute atomic E-state index is 13.5. The van der Waals surface area contributed by atoms with Crippen molar-refractivity contribution in [3.63, 3.8) is 0 Å². The van der Waals surface area contributed by atoms with Gasteiger partial charge in [0, 0.05) is 11.2 Å². The molecule has 0 amide bonds. The molecule has 0 fully saturated rings. The number of methoxy groups -OCH3 is 2. The maximum Gasteiger partial charge on any atom is 0.236 e. The molecule has 9 heteroatoms. The van der Waals surface area contributed by atoms with E-state index in [2.05, 4.69) is 0 Å². The Hall–Kier alpha value is -1.52. The van der Waals surface area contributed by atoms with Gasteiger partial charge in [-0.3, -0.25) is 9.59 Å². The Morgan fingerprint density at radius 3 is 1.78 bits per heavy atom. The predicted octanol–water partition coefficient (Wildman–Crippen LogP) is 6.03. The van der Waals surface area contributed by atoms with Gasteiger partial charge in [-0.25, -0.2) is 0 Å². The Morgan fingerprint density at radius 2 is 1.37 bits per heavy atom. The van der Waals surface area contributed by atoms with Crippen molar-refractivity contribution in [2.45, 2.75) is 6.92 Å². The molecule has 27 heavy (non-hydrogen) atoms. The van der Waals surface area contributed by atoms with Gasteiger partial charge in [-0.2, -0.15) is 0 Å². The van der Waals surface area contributed by atoms with Gasteiger partial charge >= 0.3 is 0 Å². The van der Waals surface area contributed by atoms with E-state index in [4.69, 9.17) is 44.3 Å². The smallest absolute Gasteiger partial charge is 0.236 e. The van der Waals surface area contributed by atoms with Crippen LogP contribution in [0.5, 0.6) is 11.5 Å². The van der Waals surface area contributed by atoms with Gasteiger partial charge in [0.2, 0.25) is 18.2 Å². The molecule has 2 aromatic rings. The van der Waals surface area contributed by atoms with Crippen LogP contribution in [-0.2, 0) is 4.57 Å². The average Bonchev–Trinajstić information content (AvgIpc) is 2.64. The fourth-order valence-corrected chi connectivity index (χ4v) is 5.61. The molecule has 0 aliphatic rings. The first-order valence-electron chi connectivity index (χ1n) is 7.75. The van der Waals surface area contributed by atoms with E-state index in [1.165, 1.54) is 45.4 Å². The summed E-state index contributed by atoms with van der Waals surface area (Å²) in [5.41, 5.74) is -2.08. The molecule has 1 unspecified atom stereocenters. The van der Waals surface area contributed by atoms with Gasteiger partial charge in [-0.05, 0) is 24.3 Å². The minimum atomic E-state index is -4.13. The number of carbonyl (C=O) groups excluding carboxylic acids is 2. The van der Waals surface area contributed by atoms with Crippen molar-refractivity contribution in [1.29, 1.82) is 0 Å². The lowest BCUT2D eigenvalue weighted by Crippen LogP contribution is -2.15. The number of halogens is 3. The monoisotopic (exact) mass is 448 g/mol. The highest BCUT2D eigenvalue weighted by Crippen LogP contribution is 2.55. The van der Waals surface area contributed by atoms with Crippen LogP contribution in [0.2, 0.25) is 15.1 Å². The van der Waals surface area contributed by atoms with Crippen LogP contribution in [0.3, 0.4) is 0 Å². The topological polar surface area (TPSA) is 69.7 Å². The van der Waals surface area contributed by atoms with E-state index >= 15 is 0 Å². The molecule has 2 rings (SSSR count). The van der Waals surface area contributed by atoms with Crippen LogP contribution in [0.15, 0.2) is 30.3 Å². The third-order valence-electron chi connectivity index (χ3n) is 3.96. The molecule has 0 bridgehead atoms. The molecule has 0 aliphatic carbocycles.